The van der Waals surface area contributed by atoms with E-state index in [0.717, 1.165) is 19.3 Å². The van der Waals surface area contributed by atoms with Crippen molar-refractivity contribution < 1.29 is 9.90 Å². The largest absolute Gasteiger partial charge is 0.480 e. The molecule has 16 heavy (non-hydrogen) atoms. The highest BCUT2D eigenvalue weighted by atomic mass is 16.4. The predicted molar refractivity (Wildman–Crippen MR) is 65.6 cm³/mol. The van der Waals surface area contributed by atoms with Crippen LogP contribution < -0.4 is 5.32 Å². The maximum absolute atomic E-state index is 10.7. The minimum atomic E-state index is -0.689. The molecule has 2 N–H and O–H groups in total. The Morgan fingerprint density at radius 3 is 2.50 bits per heavy atom. The minimum absolute atomic E-state index is 0.287. The highest BCUT2D eigenvalue weighted by Crippen LogP contribution is 2.18. The average Bonchev–Trinajstić information content (AvgIpc) is 2.72. The van der Waals surface area contributed by atoms with Crippen molar-refractivity contribution in [2.24, 2.45) is 0 Å². The molecule has 0 bridgehead atoms. The van der Waals surface area contributed by atoms with Crippen LogP contribution in [-0.2, 0) is 4.79 Å². The van der Waals surface area contributed by atoms with Crippen LogP contribution in [0.25, 0.3) is 0 Å². The molecule has 1 fully saturated rings. The Kier molecular flexibility index (Phi) is 6.46. The zero-order valence-corrected chi connectivity index (χ0v) is 10.4. The van der Waals surface area contributed by atoms with Crippen molar-refractivity contribution in [3.8, 4) is 0 Å². The van der Waals surface area contributed by atoms with Crippen LogP contribution in [0.1, 0.15) is 64.7 Å². The summed E-state index contributed by atoms with van der Waals surface area (Å²) in [5.41, 5.74) is 0. The Bertz CT molecular complexity index is 206. The molecule has 0 radical (unpaired) electrons. The van der Waals surface area contributed by atoms with Gasteiger partial charge in [-0.3, -0.25) is 4.79 Å². The maximum Gasteiger partial charge on any atom is 0.320 e. The SMILES string of the molecule is CCCCCCCCC1CCC(C(=O)O)N1. The van der Waals surface area contributed by atoms with Gasteiger partial charge in [0.15, 0.2) is 0 Å². The van der Waals surface area contributed by atoms with Gasteiger partial charge in [0.05, 0.1) is 0 Å². The van der Waals surface area contributed by atoms with Crippen molar-refractivity contribution in [2.45, 2.75) is 76.8 Å². The van der Waals surface area contributed by atoms with Gasteiger partial charge in [0, 0.05) is 6.04 Å². The fourth-order valence-corrected chi connectivity index (χ4v) is 2.41. The average molecular weight is 227 g/mol. The van der Waals surface area contributed by atoms with Crippen LogP contribution in [0.2, 0.25) is 0 Å². The van der Waals surface area contributed by atoms with Crippen molar-refractivity contribution in [1.29, 1.82) is 0 Å². The van der Waals surface area contributed by atoms with E-state index in [1.165, 1.54) is 38.5 Å². The van der Waals surface area contributed by atoms with Crippen molar-refractivity contribution in [2.75, 3.05) is 0 Å². The van der Waals surface area contributed by atoms with Crippen LogP contribution in [-0.4, -0.2) is 23.2 Å². The third kappa shape index (κ3) is 4.97. The summed E-state index contributed by atoms with van der Waals surface area (Å²) < 4.78 is 0. The number of carbonyl (C=O) groups is 1. The van der Waals surface area contributed by atoms with Gasteiger partial charge in [-0.05, 0) is 19.3 Å². The number of rotatable bonds is 8. The molecule has 1 aliphatic rings. The van der Waals surface area contributed by atoms with Crippen LogP contribution in [0, 0.1) is 0 Å². The molecule has 0 aromatic carbocycles. The Balaban J connectivity index is 1.96. The van der Waals surface area contributed by atoms with E-state index in [1.54, 1.807) is 0 Å². The molecule has 1 heterocycles. The van der Waals surface area contributed by atoms with Gasteiger partial charge in [0.1, 0.15) is 6.04 Å². The van der Waals surface area contributed by atoms with Crippen LogP contribution in [0.4, 0.5) is 0 Å². The highest BCUT2D eigenvalue weighted by Gasteiger charge is 2.27. The van der Waals surface area contributed by atoms with Crippen molar-refractivity contribution >= 4 is 5.97 Å². The van der Waals surface area contributed by atoms with E-state index in [1.807, 2.05) is 0 Å². The van der Waals surface area contributed by atoms with Crippen LogP contribution in [0.5, 0.6) is 0 Å². The van der Waals surface area contributed by atoms with Gasteiger partial charge < -0.3 is 10.4 Å². The summed E-state index contributed by atoms with van der Waals surface area (Å²) in [7, 11) is 0. The molecule has 1 rings (SSSR count). The first-order valence-electron chi connectivity index (χ1n) is 6.73. The summed E-state index contributed by atoms with van der Waals surface area (Å²) in [6.45, 7) is 2.23. The second kappa shape index (κ2) is 7.66. The highest BCUT2D eigenvalue weighted by molar-refractivity contribution is 5.73. The second-order valence-electron chi connectivity index (χ2n) is 4.89. The first-order chi connectivity index (χ1) is 7.74. The fraction of sp³-hybridized carbons (Fsp3) is 0.923. The summed E-state index contributed by atoms with van der Waals surface area (Å²) in [5.74, 6) is -0.689. The molecule has 0 spiro atoms. The van der Waals surface area contributed by atoms with Crippen LogP contribution in [0.15, 0.2) is 0 Å². The van der Waals surface area contributed by atoms with Gasteiger partial charge >= 0.3 is 5.97 Å². The van der Waals surface area contributed by atoms with Gasteiger partial charge in [0.2, 0.25) is 0 Å². The van der Waals surface area contributed by atoms with Gasteiger partial charge in [-0.25, -0.2) is 0 Å². The number of nitrogens with one attached hydrogen (secondary N) is 1. The standard InChI is InChI=1S/C13H25NO2/c1-2-3-4-5-6-7-8-11-9-10-12(14-11)13(15)16/h11-12,14H,2-10H2,1H3,(H,15,16). The van der Waals surface area contributed by atoms with Gasteiger partial charge in [-0.1, -0.05) is 45.4 Å². The molecule has 2 unspecified atom stereocenters. The van der Waals surface area contributed by atoms with Crippen molar-refractivity contribution in [3.05, 3.63) is 0 Å². The predicted octanol–water partition coefficient (Wildman–Crippen LogP) is 2.94. The summed E-state index contributed by atoms with van der Waals surface area (Å²) in [6, 6.07) is 0.164. The van der Waals surface area contributed by atoms with Crippen molar-refractivity contribution in [3.63, 3.8) is 0 Å². The molecule has 0 saturated carbocycles. The minimum Gasteiger partial charge on any atom is -0.480 e. The third-order valence-corrected chi connectivity index (χ3v) is 3.44. The molecular weight excluding hydrogens is 202 g/mol. The molecular formula is C13H25NO2. The van der Waals surface area contributed by atoms with E-state index in [4.69, 9.17) is 5.11 Å². The molecule has 0 amide bonds. The number of hydrogen-bond acceptors (Lipinski definition) is 2. The van der Waals surface area contributed by atoms with Gasteiger partial charge in [-0.2, -0.15) is 0 Å². The first kappa shape index (κ1) is 13.5. The number of hydrogen-bond donors (Lipinski definition) is 2. The van der Waals surface area contributed by atoms with E-state index in [2.05, 4.69) is 12.2 Å². The zero-order valence-electron chi connectivity index (χ0n) is 10.4. The van der Waals surface area contributed by atoms with E-state index >= 15 is 0 Å². The topological polar surface area (TPSA) is 49.3 Å². The summed E-state index contributed by atoms with van der Waals surface area (Å²) in [5, 5.41) is 12.0. The van der Waals surface area contributed by atoms with Gasteiger partial charge in [0.25, 0.3) is 0 Å². The van der Waals surface area contributed by atoms with Crippen molar-refractivity contribution in [1.82, 2.24) is 5.32 Å². The smallest absolute Gasteiger partial charge is 0.320 e. The molecule has 94 valence electrons. The Labute approximate surface area is 98.6 Å². The quantitative estimate of drug-likeness (QED) is 0.627. The lowest BCUT2D eigenvalue weighted by molar-refractivity contribution is -0.139. The lowest BCUT2D eigenvalue weighted by atomic mass is 10.0. The molecule has 2 atom stereocenters. The molecule has 1 saturated heterocycles. The van der Waals surface area contributed by atoms with Gasteiger partial charge in [-0.15, -0.1) is 0 Å². The van der Waals surface area contributed by atoms with E-state index < -0.39 is 5.97 Å². The Morgan fingerprint density at radius 1 is 1.19 bits per heavy atom. The lowest BCUT2D eigenvalue weighted by Crippen LogP contribution is -2.35. The van der Waals surface area contributed by atoms with Crippen LogP contribution in [0.3, 0.4) is 0 Å². The monoisotopic (exact) mass is 227 g/mol. The molecule has 0 aliphatic carbocycles. The maximum atomic E-state index is 10.7. The fourth-order valence-electron chi connectivity index (χ4n) is 2.41. The lowest BCUT2D eigenvalue weighted by Gasteiger charge is -2.11. The second-order valence-corrected chi connectivity index (χ2v) is 4.89. The third-order valence-electron chi connectivity index (χ3n) is 3.44. The van der Waals surface area contributed by atoms with E-state index in [-0.39, 0.29) is 6.04 Å². The normalized spacial score (nSPS) is 24.8. The number of carboxylic acid groups (broad SMARTS) is 1. The summed E-state index contributed by atoms with van der Waals surface area (Å²) in [6.07, 6.45) is 10.9. The zero-order chi connectivity index (χ0) is 11.8. The first-order valence-corrected chi connectivity index (χ1v) is 6.73. The van der Waals surface area contributed by atoms with E-state index in [9.17, 15) is 4.79 Å². The number of unbranched alkanes of at least 4 members (excludes halogenated alkanes) is 5. The molecule has 1 aliphatic heterocycles. The Hall–Kier alpha value is -0.570. The number of aliphatic carboxylic acids is 1. The number of carboxylic acids is 1. The summed E-state index contributed by atoms with van der Waals surface area (Å²) in [4.78, 5) is 10.7. The molecule has 0 aromatic heterocycles. The molecule has 3 heteroatoms. The Morgan fingerprint density at radius 2 is 1.88 bits per heavy atom. The molecule has 0 aromatic rings. The van der Waals surface area contributed by atoms with E-state index in [0.29, 0.717) is 6.04 Å². The summed E-state index contributed by atoms with van der Waals surface area (Å²) >= 11 is 0. The molecule has 3 nitrogen and oxygen atoms in total. The van der Waals surface area contributed by atoms with Crippen LogP contribution >= 0.6 is 0 Å².